The number of hydrogen-bond acceptors (Lipinski definition) is 5. The molecule has 0 unspecified atom stereocenters. The number of methoxy groups -OCH3 is 1. The molecular formula is C34H35N3O4. The second-order valence-corrected chi connectivity index (χ2v) is 9.88. The fraction of sp³-hybridized carbons (Fsp3) is 0.206. The Morgan fingerprint density at radius 3 is 2.17 bits per heavy atom. The highest BCUT2D eigenvalue weighted by Gasteiger charge is 2.19. The first-order chi connectivity index (χ1) is 19.8. The number of carbonyl (C=O) groups excluding carboxylic acids is 2. The third-order valence-corrected chi connectivity index (χ3v) is 6.74. The van der Waals surface area contributed by atoms with Crippen LogP contribution in [-0.2, 0) is 11.4 Å². The first kappa shape index (κ1) is 29.1. The molecule has 4 aromatic carbocycles. The highest BCUT2D eigenvalue weighted by Crippen LogP contribution is 2.29. The van der Waals surface area contributed by atoms with Crippen molar-refractivity contribution in [2.75, 3.05) is 7.11 Å². The predicted octanol–water partition coefficient (Wildman–Crippen LogP) is 6.21. The fourth-order valence-corrected chi connectivity index (χ4v) is 4.65. The van der Waals surface area contributed by atoms with Crippen LogP contribution < -0.4 is 20.2 Å². The van der Waals surface area contributed by atoms with Crippen LogP contribution in [0.15, 0.2) is 96.1 Å². The van der Waals surface area contributed by atoms with Crippen molar-refractivity contribution < 1.29 is 19.1 Å². The monoisotopic (exact) mass is 549 g/mol. The van der Waals surface area contributed by atoms with Gasteiger partial charge < -0.3 is 14.8 Å². The molecule has 0 aliphatic carbocycles. The van der Waals surface area contributed by atoms with Gasteiger partial charge in [0.2, 0.25) is 5.91 Å². The van der Waals surface area contributed by atoms with Crippen molar-refractivity contribution in [2.45, 2.75) is 39.8 Å². The molecule has 0 saturated carbocycles. The molecule has 4 rings (SSSR count). The Balaban J connectivity index is 1.38. The van der Waals surface area contributed by atoms with Crippen LogP contribution in [0.5, 0.6) is 11.5 Å². The third-order valence-electron chi connectivity index (χ3n) is 6.74. The Morgan fingerprint density at radius 1 is 0.854 bits per heavy atom. The standard InChI is InChI=1S/C34H35N3O4/c1-23-17-24(2)29(25(3)18-23)22-41-31-16-15-26(19-32(31)40-4)21-35-37-33(38)20-30(27-11-7-5-8-12-27)36-34(39)28-13-9-6-10-14-28/h5-19,21,30H,20,22H2,1-4H3,(H,36,39)(H,37,38)/b35-21-/t30-/m1/s1. The van der Waals surface area contributed by atoms with E-state index in [9.17, 15) is 9.59 Å². The normalized spacial score (nSPS) is 11.6. The van der Waals surface area contributed by atoms with E-state index in [1.54, 1.807) is 43.7 Å². The van der Waals surface area contributed by atoms with Crippen LogP contribution in [0.3, 0.4) is 0 Å². The van der Waals surface area contributed by atoms with Crippen LogP contribution >= 0.6 is 0 Å². The van der Waals surface area contributed by atoms with Crippen LogP contribution in [0.2, 0.25) is 0 Å². The van der Waals surface area contributed by atoms with E-state index in [0.717, 1.165) is 16.7 Å². The lowest BCUT2D eigenvalue weighted by Gasteiger charge is -2.18. The summed E-state index contributed by atoms with van der Waals surface area (Å²) in [4.78, 5) is 25.6. The van der Waals surface area contributed by atoms with Gasteiger partial charge in [0.25, 0.3) is 5.91 Å². The first-order valence-electron chi connectivity index (χ1n) is 13.4. The number of hydrogen-bond donors (Lipinski definition) is 2. The number of hydrazone groups is 1. The Morgan fingerprint density at radius 2 is 1.51 bits per heavy atom. The van der Waals surface area contributed by atoms with Crippen molar-refractivity contribution in [3.63, 3.8) is 0 Å². The van der Waals surface area contributed by atoms with Crippen LogP contribution in [0.25, 0.3) is 0 Å². The highest BCUT2D eigenvalue weighted by molar-refractivity contribution is 5.94. The molecule has 0 saturated heterocycles. The Kier molecular flexibility index (Phi) is 9.89. The number of benzene rings is 4. The van der Waals surface area contributed by atoms with E-state index >= 15 is 0 Å². The molecule has 0 aliphatic heterocycles. The lowest BCUT2D eigenvalue weighted by atomic mass is 10.0. The summed E-state index contributed by atoms with van der Waals surface area (Å²) in [7, 11) is 1.58. The van der Waals surface area contributed by atoms with E-state index < -0.39 is 6.04 Å². The summed E-state index contributed by atoms with van der Waals surface area (Å²) < 4.78 is 11.6. The minimum atomic E-state index is -0.517. The molecule has 2 N–H and O–H groups in total. The lowest BCUT2D eigenvalue weighted by Crippen LogP contribution is -2.32. The van der Waals surface area contributed by atoms with Gasteiger partial charge in [0.1, 0.15) is 6.61 Å². The Bertz CT molecular complexity index is 1490. The van der Waals surface area contributed by atoms with Gasteiger partial charge in [0.15, 0.2) is 11.5 Å². The minimum Gasteiger partial charge on any atom is -0.493 e. The van der Waals surface area contributed by atoms with Crippen molar-refractivity contribution >= 4 is 18.0 Å². The zero-order valence-corrected chi connectivity index (χ0v) is 23.8. The topological polar surface area (TPSA) is 89.0 Å². The zero-order valence-electron chi connectivity index (χ0n) is 23.8. The fourth-order valence-electron chi connectivity index (χ4n) is 4.65. The van der Waals surface area contributed by atoms with Crippen LogP contribution in [0, 0.1) is 20.8 Å². The molecule has 210 valence electrons. The number of nitrogens with one attached hydrogen (secondary N) is 2. The van der Waals surface area contributed by atoms with E-state index in [0.29, 0.717) is 23.7 Å². The quantitative estimate of drug-likeness (QED) is 0.172. The molecular weight excluding hydrogens is 514 g/mol. The number of carbonyl (C=O) groups is 2. The van der Waals surface area contributed by atoms with Crippen molar-refractivity contribution in [1.29, 1.82) is 0 Å². The molecule has 41 heavy (non-hydrogen) atoms. The number of rotatable bonds is 11. The highest BCUT2D eigenvalue weighted by atomic mass is 16.5. The molecule has 7 nitrogen and oxygen atoms in total. The summed E-state index contributed by atoms with van der Waals surface area (Å²) >= 11 is 0. The van der Waals surface area contributed by atoms with Crippen LogP contribution in [-0.4, -0.2) is 25.1 Å². The minimum absolute atomic E-state index is 0.0217. The Labute approximate surface area is 241 Å². The van der Waals surface area contributed by atoms with Gasteiger partial charge in [0.05, 0.1) is 25.8 Å². The van der Waals surface area contributed by atoms with Crippen molar-refractivity contribution in [3.8, 4) is 11.5 Å². The maximum absolute atomic E-state index is 12.8. The summed E-state index contributed by atoms with van der Waals surface area (Å²) in [6.45, 7) is 6.69. The largest absolute Gasteiger partial charge is 0.493 e. The van der Waals surface area contributed by atoms with Gasteiger partial charge in [-0.15, -0.1) is 0 Å². The molecule has 1 atom stereocenters. The van der Waals surface area contributed by atoms with Crippen LogP contribution in [0.4, 0.5) is 0 Å². The molecule has 0 spiro atoms. The maximum Gasteiger partial charge on any atom is 0.251 e. The second-order valence-electron chi connectivity index (χ2n) is 9.88. The van der Waals surface area contributed by atoms with Crippen molar-refractivity contribution in [3.05, 3.63) is 130 Å². The molecule has 0 fully saturated rings. The van der Waals surface area contributed by atoms with Crippen LogP contribution in [0.1, 0.15) is 56.2 Å². The predicted molar refractivity (Wildman–Crippen MR) is 161 cm³/mol. The van der Waals surface area contributed by atoms with Crippen molar-refractivity contribution in [1.82, 2.24) is 10.7 Å². The summed E-state index contributed by atoms with van der Waals surface area (Å²) in [5.74, 6) is 0.598. The van der Waals surface area contributed by atoms with E-state index in [2.05, 4.69) is 48.7 Å². The van der Waals surface area contributed by atoms with E-state index in [1.807, 2.05) is 48.5 Å². The van der Waals surface area contributed by atoms with E-state index in [4.69, 9.17) is 9.47 Å². The smallest absolute Gasteiger partial charge is 0.251 e. The molecule has 7 heteroatoms. The average molecular weight is 550 g/mol. The molecule has 0 bridgehead atoms. The summed E-state index contributed by atoms with van der Waals surface area (Å²) in [5, 5.41) is 7.08. The first-order valence-corrected chi connectivity index (χ1v) is 13.4. The summed E-state index contributed by atoms with van der Waals surface area (Å²) in [6.07, 6.45) is 1.56. The molecule has 0 aliphatic rings. The maximum atomic E-state index is 12.8. The average Bonchev–Trinajstić information content (AvgIpc) is 2.97. The number of aryl methyl sites for hydroxylation is 3. The summed E-state index contributed by atoms with van der Waals surface area (Å²) in [5.41, 5.74) is 9.41. The molecule has 0 radical (unpaired) electrons. The van der Waals surface area contributed by atoms with Gasteiger partial charge >= 0.3 is 0 Å². The van der Waals surface area contributed by atoms with Gasteiger partial charge in [-0.3, -0.25) is 9.59 Å². The third kappa shape index (κ3) is 8.05. The Hall–Kier alpha value is -4.91. The van der Waals surface area contributed by atoms with E-state index in [-0.39, 0.29) is 18.2 Å². The van der Waals surface area contributed by atoms with Gasteiger partial charge in [-0.2, -0.15) is 5.10 Å². The number of nitrogens with zero attached hydrogens (tertiary/aromatic N) is 1. The SMILES string of the molecule is COc1cc(/C=N\NC(=O)C[C@@H](NC(=O)c2ccccc2)c2ccccc2)ccc1OCc1c(C)cc(C)cc1C. The second kappa shape index (κ2) is 13.9. The molecule has 0 aromatic heterocycles. The molecule has 0 heterocycles. The van der Waals surface area contributed by atoms with Gasteiger partial charge in [0, 0.05) is 5.56 Å². The zero-order chi connectivity index (χ0) is 29.2. The van der Waals surface area contributed by atoms with E-state index in [1.165, 1.54) is 16.7 Å². The van der Waals surface area contributed by atoms with Gasteiger partial charge in [-0.1, -0.05) is 66.2 Å². The number of ether oxygens (including phenoxy) is 2. The summed E-state index contributed by atoms with van der Waals surface area (Å²) in [6, 6.07) is 27.5. The lowest BCUT2D eigenvalue weighted by molar-refractivity contribution is -0.121. The number of amides is 2. The molecule has 2 amide bonds. The van der Waals surface area contributed by atoms with Gasteiger partial charge in [-0.25, -0.2) is 5.43 Å². The molecule has 4 aromatic rings. The van der Waals surface area contributed by atoms with Crippen molar-refractivity contribution in [2.24, 2.45) is 5.10 Å². The van der Waals surface area contributed by atoms with Gasteiger partial charge in [-0.05, 0) is 78.9 Å².